The second-order valence-electron chi connectivity index (χ2n) is 3.85. The maximum atomic E-state index is 4.27. The molecule has 0 saturated carbocycles. The molecule has 0 radical (unpaired) electrons. The van der Waals surface area contributed by atoms with E-state index in [-0.39, 0.29) is 0 Å². The Balaban J connectivity index is 1.85. The number of fused-ring (bicyclic) bond motifs is 1. The molecule has 2 N–H and O–H groups in total. The first kappa shape index (κ1) is 9.89. The average Bonchev–Trinajstić information content (AvgIpc) is 2.80. The molecule has 2 aromatic heterocycles. The summed E-state index contributed by atoms with van der Waals surface area (Å²) in [5, 5.41) is 3.47. The normalized spacial score (nSPS) is 17.8. The van der Waals surface area contributed by atoms with Crippen LogP contribution in [0.3, 0.4) is 0 Å². The highest BCUT2D eigenvalue weighted by Gasteiger charge is 2.15. The van der Waals surface area contributed by atoms with E-state index in [1.165, 1.54) is 24.3 Å². The van der Waals surface area contributed by atoms with Gasteiger partial charge < -0.3 is 10.3 Å². The van der Waals surface area contributed by atoms with Crippen molar-refractivity contribution < 1.29 is 0 Å². The summed E-state index contributed by atoms with van der Waals surface area (Å²) in [6, 6.07) is 0.530. The predicted molar refractivity (Wildman–Crippen MR) is 65.7 cm³/mol. The van der Waals surface area contributed by atoms with Crippen LogP contribution in [0.5, 0.6) is 0 Å². The van der Waals surface area contributed by atoms with Gasteiger partial charge in [0.25, 0.3) is 0 Å². The molecule has 1 aliphatic heterocycles. The summed E-state index contributed by atoms with van der Waals surface area (Å²) >= 11 is 2.02. The van der Waals surface area contributed by atoms with Crippen LogP contribution < -0.4 is 5.32 Å². The van der Waals surface area contributed by atoms with Gasteiger partial charge in [-0.3, -0.25) is 0 Å². The summed E-state index contributed by atoms with van der Waals surface area (Å²) in [7, 11) is 0. The lowest BCUT2D eigenvalue weighted by Gasteiger charge is -2.22. The Morgan fingerprint density at radius 1 is 1.25 bits per heavy atom. The molecule has 0 spiro atoms. The molecule has 3 rings (SSSR count). The Kier molecular flexibility index (Phi) is 2.65. The van der Waals surface area contributed by atoms with Crippen LogP contribution >= 0.6 is 11.8 Å². The fourth-order valence-corrected chi connectivity index (χ4v) is 3.02. The molecule has 1 saturated heterocycles. The van der Waals surface area contributed by atoms with E-state index in [1.807, 2.05) is 11.8 Å². The Morgan fingerprint density at radius 2 is 2.12 bits per heavy atom. The number of hydrogen-bond donors (Lipinski definition) is 2. The number of aromatic amines is 1. The number of nitrogens with zero attached hydrogens (tertiary/aromatic N) is 3. The number of rotatable bonds is 2. The molecule has 84 valence electrons. The van der Waals surface area contributed by atoms with E-state index < -0.39 is 0 Å². The van der Waals surface area contributed by atoms with Crippen molar-refractivity contribution in [3.63, 3.8) is 0 Å². The number of hydrogen-bond acceptors (Lipinski definition) is 5. The smallest absolute Gasteiger partial charge is 0.182 e. The van der Waals surface area contributed by atoms with Gasteiger partial charge in [0.1, 0.15) is 11.8 Å². The van der Waals surface area contributed by atoms with Gasteiger partial charge in [-0.25, -0.2) is 15.0 Å². The summed E-state index contributed by atoms with van der Waals surface area (Å²) in [5.74, 6) is 3.34. The van der Waals surface area contributed by atoms with E-state index >= 15 is 0 Å². The second-order valence-corrected chi connectivity index (χ2v) is 5.08. The van der Waals surface area contributed by atoms with Gasteiger partial charge in [0.2, 0.25) is 0 Å². The molecule has 16 heavy (non-hydrogen) atoms. The van der Waals surface area contributed by atoms with Crippen LogP contribution in [0.15, 0.2) is 12.7 Å². The number of H-pyrrole nitrogens is 1. The molecule has 2 aromatic rings. The van der Waals surface area contributed by atoms with Crippen molar-refractivity contribution in [3.05, 3.63) is 12.7 Å². The van der Waals surface area contributed by atoms with E-state index in [9.17, 15) is 0 Å². The van der Waals surface area contributed by atoms with Crippen LogP contribution in [-0.4, -0.2) is 37.5 Å². The first-order valence-corrected chi connectivity index (χ1v) is 6.57. The van der Waals surface area contributed by atoms with Crippen LogP contribution in [-0.2, 0) is 0 Å². The zero-order chi connectivity index (χ0) is 10.8. The monoisotopic (exact) mass is 235 g/mol. The average molecular weight is 235 g/mol. The van der Waals surface area contributed by atoms with Crippen molar-refractivity contribution in [2.45, 2.75) is 18.9 Å². The first-order chi connectivity index (χ1) is 7.93. The van der Waals surface area contributed by atoms with Gasteiger partial charge in [-0.05, 0) is 24.3 Å². The van der Waals surface area contributed by atoms with Crippen molar-refractivity contribution in [1.82, 2.24) is 19.9 Å². The molecule has 0 amide bonds. The molecule has 0 unspecified atom stereocenters. The third kappa shape index (κ3) is 1.84. The van der Waals surface area contributed by atoms with Crippen molar-refractivity contribution >= 4 is 28.7 Å². The number of anilines is 1. The molecule has 0 bridgehead atoms. The Morgan fingerprint density at radius 3 is 3.00 bits per heavy atom. The molecule has 0 aromatic carbocycles. The number of thioether (sulfide) groups is 1. The zero-order valence-electron chi connectivity index (χ0n) is 8.81. The van der Waals surface area contributed by atoms with Crippen molar-refractivity contribution in [1.29, 1.82) is 0 Å². The maximum absolute atomic E-state index is 4.27. The maximum Gasteiger partial charge on any atom is 0.182 e. The lowest BCUT2D eigenvalue weighted by molar-refractivity contribution is 0.664. The molecule has 1 aliphatic rings. The standard InChI is InChI=1S/C10H13N5S/c1-3-16-4-2-7(1)15-10-8-9(12-5-11-8)13-6-14-10/h5-7H,1-4H2,(H2,11,12,13,14,15). The largest absolute Gasteiger partial charge is 0.365 e. The molecule has 3 heterocycles. The highest BCUT2D eigenvalue weighted by atomic mass is 32.2. The lowest BCUT2D eigenvalue weighted by atomic mass is 10.1. The minimum absolute atomic E-state index is 0.530. The Labute approximate surface area is 97.5 Å². The minimum atomic E-state index is 0.530. The third-order valence-corrected chi connectivity index (χ3v) is 3.83. The van der Waals surface area contributed by atoms with Crippen LogP contribution in [0.1, 0.15) is 12.8 Å². The van der Waals surface area contributed by atoms with Gasteiger partial charge in [0.15, 0.2) is 11.5 Å². The van der Waals surface area contributed by atoms with E-state index in [1.54, 1.807) is 12.7 Å². The molecule has 6 heteroatoms. The van der Waals surface area contributed by atoms with Crippen molar-refractivity contribution in [2.75, 3.05) is 16.8 Å². The molecular formula is C10H13N5S. The summed E-state index contributed by atoms with van der Waals surface area (Å²) in [6.45, 7) is 0. The number of aromatic nitrogens is 4. The van der Waals surface area contributed by atoms with Gasteiger partial charge in [-0.1, -0.05) is 0 Å². The van der Waals surface area contributed by atoms with Gasteiger partial charge >= 0.3 is 0 Å². The van der Waals surface area contributed by atoms with Crippen LogP contribution in [0, 0.1) is 0 Å². The molecule has 5 nitrogen and oxygen atoms in total. The summed E-state index contributed by atoms with van der Waals surface area (Å²) in [4.78, 5) is 15.6. The van der Waals surface area contributed by atoms with Crippen LogP contribution in [0.25, 0.3) is 11.2 Å². The summed E-state index contributed by atoms with van der Waals surface area (Å²) in [5.41, 5.74) is 1.63. The van der Waals surface area contributed by atoms with Crippen molar-refractivity contribution in [2.24, 2.45) is 0 Å². The minimum Gasteiger partial charge on any atom is -0.365 e. The van der Waals surface area contributed by atoms with Gasteiger partial charge in [-0.2, -0.15) is 11.8 Å². The number of nitrogens with one attached hydrogen (secondary N) is 2. The Hall–Kier alpha value is -1.30. The molecule has 0 aliphatic carbocycles. The predicted octanol–water partition coefficient (Wildman–Crippen LogP) is 1.66. The quantitative estimate of drug-likeness (QED) is 0.828. The SMILES string of the molecule is c1nc(NC2CCSCC2)c2[nH]cnc2n1. The number of imidazole rings is 1. The fraction of sp³-hybridized carbons (Fsp3) is 0.500. The van der Waals surface area contributed by atoms with E-state index in [4.69, 9.17) is 0 Å². The summed E-state index contributed by atoms with van der Waals surface area (Å²) < 4.78 is 0. The van der Waals surface area contributed by atoms with Crippen molar-refractivity contribution in [3.8, 4) is 0 Å². The van der Waals surface area contributed by atoms with Gasteiger partial charge in [-0.15, -0.1) is 0 Å². The van der Waals surface area contributed by atoms with Crippen LogP contribution in [0.4, 0.5) is 5.82 Å². The Bertz CT molecular complexity index is 477. The zero-order valence-corrected chi connectivity index (χ0v) is 9.63. The second kappa shape index (κ2) is 4.29. The van der Waals surface area contributed by atoms with Crippen LogP contribution in [0.2, 0.25) is 0 Å². The molecular weight excluding hydrogens is 222 g/mol. The molecule has 0 atom stereocenters. The fourth-order valence-electron chi connectivity index (χ4n) is 1.91. The highest BCUT2D eigenvalue weighted by molar-refractivity contribution is 7.99. The highest BCUT2D eigenvalue weighted by Crippen LogP contribution is 2.22. The molecule has 1 fully saturated rings. The van der Waals surface area contributed by atoms with E-state index in [0.29, 0.717) is 6.04 Å². The van der Waals surface area contributed by atoms with Gasteiger partial charge in [0, 0.05) is 6.04 Å². The van der Waals surface area contributed by atoms with Gasteiger partial charge in [0.05, 0.1) is 6.33 Å². The topological polar surface area (TPSA) is 66.5 Å². The van der Waals surface area contributed by atoms with E-state index in [2.05, 4.69) is 25.3 Å². The first-order valence-electron chi connectivity index (χ1n) is 5.42. The third-order valence-electron chi connectivity index (χ3n) is 2.79. The van der Waals surface area contributed by atoms with E-state index in [0.717, 1.165) is 17.0 Å². The lowest BCUT2D eigenvalue weighted by Crippen LogP contribution is -2.25. The summed E-state index contributed by atoms with van der Waals surface area (Å²) in [6.07, 6.45) is 5.61.